The molecule has 0 saturated heterocycles. The summed E-state index contributed by atoms with van der Waals surface area (Å²) < 4.78 is 1.99. The van der Waals surface area contributed by atoms with Crippen LogP contribution in [-0.2, 0) is 7.05 Å². The topological polar surface area (TPSA) is 55.9 Å². The van der Waals surface area contributed by atoms with Crippen molar-refractivity contribution in [1.29, 1.82) is 0 Å². The van der Waals surface area contributed by atoms with Crippen LogP contribution in [-0.4, -0.2) is 9.55 Å². The van der Waals surface area contributed by atoms with Gasteiger partial charge in [-0.05, 0) is 18.3 Å². The number of nitrogens with zero attached hydrogens (tertiary/aromatic N) is 2. The van der Waals surface area contributed by atoms with Crippen LogP contribution in [0.2, 0.25) is 0 Å². The monoisotopic (exact) mass is 236 g/mol. The third-order valence-corrected chi connectivity index (χ3v) is 4.14. The summed E-state index contributed by atoms with van der Waals surface area (Å²) in [5.41, 5.74) is 4.07. The number of imidazole rings is 1. The molecule has 1 aliphatic carbocycles. The van der Waals surface area contributed by atoms with E-state index in [1.807, 2.05) is 17.9 Å². The van der Waals surface area contributed by atoms with Gasteiger partial charge in [-0.2, -0.15) is 0 Å². The van der Waals surface area contributed by atoms with Crippen LogP contribution < -0.4 is 11.3 Å². The lowest BCUT2D eigenvalue weighted by atomic mass is 9.73. The molecule has 1 aliphatic rings. The number of nitrogens with one attached hydrogen (secondary N) is 1. The molecule has 1 saturated carbocycles. The Kier molecular flexibility index (Phi) is 4.18. The Hall–Kier alpha value is -0.870. The van der Waals surface area contributed by atoms with Crippen LogP contribution in [0.4, 0.5) is 0 Å². The number of aryl methyl sites for hydroxylation is 1. The van der Waals surface area contributed by atoms with Gasteiger partial charge in [-0.3, -0.25) is 11.3 Å². The van der Waals surface area contributed by atoms with Gasteiger partial charge in [-0.1, -0.05) is 32.6 Å². The lowest BCUT2D eigenvalue weighted by Crippen LogP contribution is -2.38. The molecule has 0 spiro atoms. The summed E-state index contributed by atoms with van der Waals surface area (Å²) in [6.45, 7) is 2.29. The fraction of sp³-hybridized carbons (Fsp3) is 0.769. The average molecular weight is 236 g/mol. The quantitative estimate of drug-likeness (QED) is 0.622. The van der Waals surface area contributed by atoms with Gasteiger partial charge < -0.3 is 4.57 Å². The van der Waals surface area contributed by atoms with Crippen molar-refractivity contribution >= 4 is 0 Å². The molecular weight excluding hydrogens is 212 g/mol. The summed E-state index contributed by atoms with van der Waals surface area (Å²) in [5.74, 6) is 7.18. The highest BCUT2D eigenvalue weighted by molar-refractivity contribution is 5.06. The van der Waals surface area contributed by atoms with E-state index in [4.69, 9.17) is 5.84 Å². The molecule has 3 N–H and O–H groups in total. The number of aromatic nitrogens is 2. The molecule has 4 nitrogen and oxygen atoms in total. The summed E-state index contributed by atoms with van der Waals surface area (Å²) >= 11 is 0. The minimum absolute atomic E-state index is 0.210. The number of hydrogen-bond donors (Lipinski definition) is 2. The van der Waals surface area contributed by atoms with Crippen molar-refractivity contribution in [3.63, 3.8) is 0 Å². The normalized spacial score (nSPS) is 27.0. The molecule has 3 unspecified atom stereocenters. The first-order valence-corrected chi connectivity index (χ1v) is 6.70. The lowest BCUT2D eigenvalue weighted by molar-refractivity contribution is 0.174. The first-order valence-electron chi connectivity index (χ1n) is 6.70. The standard InChI is InChI=1S/C13H24N4/c1-3-10-6-4-5-7-11(10)13(16-14)12-8-17(2)9-15-12/h8-11,13,16H,3-7,14H2,1-2H3. The highest BCUT2D eigenvalue weighted by Gasteiger charge is 2.32. The molecule has 0 aromatic carbocycles. The molecular formula is C13H24N4. The fourth-order valence-electron chi connectivity index (χ4n) is 3.20. The van der Waals surface area contributed by atoms with Crippen LogP contribution in [0.5, 0.6) is 0 Å². The van der Waals surface area contributed by atoms with Crippen LogP contribution in [0.3, 0.4) is 0 Å². The summed E-state index contributed by atoms with van der Waals surface area (Å²) in [6.07, 6.45) is 10.5. The van der Waals surface area contributed by atoms with Crippen molar-refractivity contribution in [3.8, 4) is 0 Å². The van der Waals surface area contributed by atoms with Crippen LogP contribution in [0.15, 0.2) is 12.5 Å². The molecule has 3 atom stereocenters. The third kappa shape index (κ3) is 2.69. The number of hydrogen-bond acceptors (Lipinski definition) is 3. The Balaban J connectivity index is 2.16. The van der Waals surface area contributed by atoms with E-state index in [2.05, 4.69) is 23.5 Å². The molecule has 1 heterocycles. The Bertz CT molecular complexity index is 347. The Morgan fingerprint density at radius 3 is 2.88 bits per heavy atom. The molecule has 4 heteroatoms. The van der Waals surface area contributed by atoms with Crippen LogP contribution in [0, 0.1) is 11.8 Å². The fourth-order valence-corrected chi connectivity index (χ4v) is 3.20. The van der Waals surface area contributed by atoms with E-state index in [0.717, 1.165) is 11.6 Å². The van der Waals surface area contributed by atoms with Crippen molar-refractivity contribution in [3.05, 3.63) is 18.2 Å². The minimum Gasteiger partial charge on any atom is -0.340 e. The van der Waals surface area contributed by atoms with E-state index in [1.54, 1.807) is 0 Å². The van der Waals surface area contributed by atoms with Crippen LogP contribution in [0.1, 0.15) is 50.8 Å². The third-order valence-electron chi connectivity index (χ3n) is 4.14. The number of nitrogens with two attached hydrogens (primary N) is 1. The second-order valence-corrected chi connectivity index (χ2v) is 5.22. The van der Waals surface area contributed by atoms with Gasteiger partial charge in [0.15, 0.2) is 0 Å². The van der Waals surface area contributed by atoms with Crippen molar-refractivity contribution in [2.45, 2.75) is 45.1 Å². The van der Waals surface area contributed by atoms with E-state index >= 15 is 0 Å². The molecule has 0 radical (unpaired) electrons. The maximum Gasteiger partial charge on any atom is 0.0947 e. The van der Waals surface area contributed by atoms with Gasteiger partial charge in [-0.15, -0.1) is 0 Å². The molecule has 1 aromatic heterocycles. The van der Waals surface area contributed by atoms with Crippen molar-refractivity contribution in [2.24, 2.45) is 24.7 Å². The molecule has 0 amide bonds. The maximum atomic E-state index is 5.76. The second kappa shape index (κ2) is 5.65. The van der Waals surface area contributed by atoms with Gasteiger partial charge >= 0.3 is 0 Å². The van der Waals surface area contributed by atoms with Gasteiger partial charge in [0.2, 0.25) is 0 Å². The first-order chi connectivity index (χ1) is 8.26. The van der Waals surface area contributed by atoms with Gasteiger partial charge in [0.1, 0.15) is 0 Å². The zero-order chi connectivity index (χ0) is 12.3. The van der Waals surface area contributed by atoms with Gasteiger partial charge in [0.25, 0.3) is 0 Å². The predicted octanol–water partition coefficient (Wildman–Crippen LogP) is 2.14. The van der Waals surface area contributed by atoms with Crippen molar-refractivity contribution < 1.29 is 0 Å². The SMILES string of the molecule is CCC1CCCCC1C(NN)c1cn(C)cn1. The second-order valence-electron chi connectivity index (χ2n) is 5.22. The van der Waals surface area contributed by atoms with E-state index in [9.17, 15) is 0 Å². The van der Waals surface area contributed by atoms with E-state index in [-0.39, 0.29) is 6.04 Å². The van der Waals surface area contributed by atoms with Crippen molar-refractivity contribution in [1.82, 2.24) is 15.0 Å². The van der Waals surface area contributed by atoms with E-state index in [0.29, 0.717) is 5.92 Å². The molecule has 1 fully saturated rings. The molecule has 0 aliphatic heterocycles. The average Bonchev–Trinajstić information content (AvgIpc) is 2.77. The molecule has 2 rings (SSSR count). The number of hydrazine groups is 1. The molecule has 1 aromatic rings. The smallest absolute Gasteiger partial charge is 0.0947 e. The molecule has 0 bridgehead atoms. The van der Waals surface area contributed by atoms with Gasteiger partial charge in [0.05, 0.1) is 18.1 Å². The molecule has 17 heavy (non-hydrogen) atoms. The van der Waals surface area contributed by atoms with E-state index < -0.39 is 0 Å². The largest absolute Gasteiger partial charge is 0.340 e. The van der Waals surface area contributed by atoms with Gasteiger partial charge in [0, 0.05) is 13.2 Å². The molecule has 96 valence electrons. The Morgan fingerprint density at radius 1 is 1.53 bits per heavy atom. The number of rotatable bonds is 4. The highest BCUT2D eigenvalue weighted by atomic mass is 15.2. The maximum absolute atomic E-state index is 5.76. The predicted molar refractivity (Wildman–Crippen MR) is 69.0 cm³/mol. The summed E-state index contributed by atoms with van der Waals surface area (Å²) in [5, 5.41) is 0. The Labute approximate surface area is 104 Å². The summed E-state index contributed by atoms with van der Waals surface area (Å²) in [7, 11) is 2.00. The highest BCUT2D eigenvalue weighted by Crippen LogP contribution is 2.39. The lowest BCUT2D eigenvalue weighted by Gasteiger charge is -2.35. The minimum atomic E-state index is 0.210. The zero-order valence-electron chi connectivity index (χ0n) is 10.9. The van der Waals surface area contributed by atoms with Crippen LogP contribution in [0.25, 0.3) is 0 Å². The zero-order valence-corrected chi connectivity index (χ0v) is 10.9. The summed E-state index contributed by atoms with van der Waals surface area (Å²) in [4.78, 5) is 4.45. The Morgan fingerprint density at radius 2 is 2.29 bits per heavy atom. The van der Waals surface area contributed by atoms with E-state index in [1.165, 1.54) is 32.1 Å². The van der Waals surface area contributed by atoms with Crippen LogP contribution >= 0.6 is 0 Å². The van der Waals surface area contributed by atoms with Crippen molar-refractivity contribution in [2.75, 3.05) is 0 Å². The first kappa shape index (κ1) is 12.6. The summed E-state index contributed by atoms with van der Waals surface area (Å²) in [6, 6.07) is 0.210. The van der Waals surface area contributed by atoms with Gasteiger partial charge in [-0.25, -0.2) is 4.98 Å².